The monoisotopic (exact) mass is 381 g/mol. The van der Waals surface area contributed by atoms with E-state index in [4.69, 9.17) is 0 Å². The van der Waals surface area contributed by atoms with E-state index in [-0.39, 0.29) is 24.7 Å². The summed E-state index contributed by atoms with van der Waals surface area (Å²) < 4.78 is -0.208. The van der Waals surface area contributed by atoms with Crippen LogP contribution < -0.4 is 0 Å². The Balaban J connectivity index is 0. The van der Waals surface area contributed by atoms with Gasteiger partial charge in [0.1, 0.15) is 0 Å². The van der Waals surface area contributed by atoms with Gasteiger partial charge in [-0.1, -0.05) is 0 Å². The van der Waals surface area contributed by atoms with Crippen LogP contribution in [-0.2, 0) is 21.1 Å². The topological polar surface area (TPSA) is 17.1 Å². The van der Waals surface area contributed by atoms with Gasteiger partial charge in [-0.15, -0.1) is 0 Å². The van der Waals surface area contributed by atoms with Gasteiger partial charge in [-0.25, -0.2) is 0 Å². The van der Waals surface area contributed by atoms with Crippen molar-refractivity contribution < 1.29 is 25.9 Å². The Morgan fingerprint density at radius 1 is 1.40 bits per heavy atom. The average Bonchev–Trinajstić information content (AvgIpc) is 0.811. The second-order valence-electron chi connectivity index (χ2n) is 0.226. The summed E-state index contributed by atoms with van der Waals surface area (Å²) in [6, 6.07) is 0. The maximum atomic E-state index is 9.28. The zero-order chi connectivity index (χ0) is 3.58. The van der Waals surface area contributed by atoms with Crippen molar-refractivity contribution in [3.05, 3.63) is 0 Å². The Morgan fingerprint density at radius 2 is 1.40 bits per heavy atom. The molecular formula is CBr2OPt. The van der Waals surface area contributed by atoms with Gasteiger partial charge in [0, 0.05) is 52.9 Å². The van der Waals surface area contributed by atoms with Gasteiger partial charge in [0.25, 0.3) is 3.60 Å². The molecule has 0 amide bonds. The smallest absolute Gasteiger partial charge is 0.262 e. The normalized spacial score (nSPS) is 5.20. The van der Waals surface area contributed by atoms with Crippen molar-refractivity contribution in [1.82, 2.24) is 0 Å². The number of rotatable bonds is 0. The molecule has 0 radical (unpaired) electrons. The van der Waals surface area contributed by atoms with Crippen LogP contribution in [0, 0.1) is 0 Å². The second kappa shape index (κ2) is 5.32. The maximum Gasteiger partial charge on any atom is 0.262 e. The molecule has 0 saturated heterocycles. The largest absolute Gasteiger partial charge is 0.273 e. The first-order chi connectivity index (χ1) is 1.73. The summed E-state index contributed by atoms with van der Waals surface area (Å²) in [5.41, 5.74) is 0. The maximum absolute atomic E-state index is 9.28. The minimum atomic E-state index is -0.208. The standard InChI is InChI=1S/CBr2O.Pt/c2-1(3)4;. The molecule has 0 heterocycles. The summed E-state index contributed by atoms with van der Waals surface area (Å²) in [4.78, 5) is 9.28. The summed E-state index contributed by atoms with van der Waals surface area (Å²) >= 11 is 5.10. The van der Waals surface area contributed by atoms with Crippen LogP contribution in [-0.4, -0.2) is 3.60 Å². The van der Waals surface area contributed by atoms with Gasteiger partial charge >= 0.3 is 0 Å². The van der Waals surface area contributed by atoms with Crippen LogP contribution in [0.1, 0.15) is 0 Å². The van der Waals surface area contributed by atoms with E-state index < -0.39 is 0 Å². The van der Waals surface area contributed by atoms with Gasteiger partial charge < -0.3 is 0 Å². The van der Waals surface area contributed by atoms with Crippen LogP contribution in [0.4, 0.5) is 4.79 Å². The molecule has 0 fully saturated rings. The van der Waals surface area contributed by atoms with Crippen LogP contribution in [0.15, 0.2) is 0 Å². The zero-order valence-corrected chi connectivity index (χ0v) is 7.42. The molecule has 4 heteroatoms. The van der Waals surface area contributed by atoms with Crippen molar-refractivity contribution in [1.29, 1.82) is 0 Å². The Morgan fingerprint density at radius 3 is 1.40 bits per heavy atom. The van der Waals surface area contributed by atoms with Crippen molar-refractivity contribution in [2.75, 3.05) is 0 Å². The van der Waals surface area contributed by atoms with Gasteiger partial charge in [0.05, 0.1) is 0 Å². The molecule has 0 aliphatic rings. The molecule has 0 N–H and O–H groups in total. The molecule has 0 aliphatic heterocycles. The van der Waals surface area contributed by atoms with Crippen LogP contribution in [0.5, 0.6) is 0 Å². The molecule has 0 spiro atoms. The fourth-order valence-corrected chi connectivity index (χ4v) is 0. The zero-order valence-electron chi connectivity index (χ0n) is 1.98. The first-order valence-corrected chi connectivity index (χ1v) is 2.17. The predicted molar refractivity (Wildman–Crippen MR) is 23.2 cm³/mol. The van der Waals surface area contributed by atoms with Crippen LogP contribution in [0.25, 0.3) is 0 Å². The molecular weight excluding hydrogens is 383 g/mol. The van der Waals surface area contributed by atoms with E-state index in [1.54, 1.807) is 0 Å². The minimum absolute atomic E-state index is 0. The average molecular weight is 383 g/mol. The quantitative estimate of drug-likeness (QED) is 0.585. The van der Waals surface area contributed by atoms with Gasteiger partial charge in [0.15, 0.2) is 0 Å². The summed E-state index contributed by atoms with van der Waals surface area (Å²) in [5, 5.41) is 0. The van der Waals surface area contributed by atoms with E-state index in [0.29, 0.717) is 0 Å². The van der Waals surface area contributed by atoms with E-state index in [0.717, 1.165) is 0 Å². The first kappa shape index (κ1) is 9.58. The number of carbonyl (C=O) groups is 1. The number of halogens is 2. The molecule has 5 heavy (non-hydrogen) atoms. The fraction of sp³-hybridized carbons (Fsp3) is 0. The molecule has 34 valence electrons. The molecule has 0 aromatic heterocycles. The van der Waals surface area contributed by atoms with Crippen LogP contribution >= 0.6 is 31.9 Å². The summed E-state index contributed by atoms with van der Waals surface area (Å²) in [6.45, 7) is 0. The number of carbonyl (C=O) groups excluding carboxylic acids is 1. The SMILES string of the molecule is O=C(Br)Br.[Pt]. The van der Waals surface area contributed by atoms with E-state index in [1.807, 2.05) is 0 Å². The van der Waals surface area contributed by atoms with Crippen molar-refractivity contribution >= 4 is 35.5 Å². The minimum Gasteiger partial charge on any atom is -0.273 e. The van der Waals surface area contributed by atoms with E-state index in [9.17, 15) is 4.79 Å². The van der Waals surface area contributed by atoms with Gasteiger partial charge in [0.2, 0.25) is 0 Å². The molecule has 1 nitrogen and oxygen atoms in total. The second-order valence-corrected chi connectivity index (χ2v) is 2.73. The van der Waals surface area contributed by atoms with E-state index in [2.05, 4.69) is 31.9 Å². The molecule has 0 bridgehead atoms. The van der Waals surface area contributed by atoms with Crippen LogP contribution in [0.3, 0.4) is 0 Å². The summed E-state index contributed by atoms with van der Waals surface area (Å²) in [7, 11) is 0. The van der Waals surface area contributed by atoms with Crippen molar-refractivity contribution in [3.63, 3.8) is 0 Å². The van der Waals surface area contributed by atoms with Crippen molar-refractivity contribution in [2.24, 2.45) is 0 Å². The molecule has 0 atom stereocenters. The Bertz CT molecular complexity index is 32.6. The third kappa shape index (κ3) is 33.7. The number of hydrogen-bond donors (Lipinski definition) is 0. The van der Waals surface area contributed by atoms with Crippen LogP contribution in [0.2, 0.25) is 0 Å². The Labute approximate surface area is 61.0 Å². The predicted octanol–water partition coefficient (Wildman–Crippen LogP) is 1.89. The number of hydrogen-bond acceptors (Lipinski definition) is 1. The third-order valence-corrected chi connectivity index (χ3v) is 0. The molecule has 0 rings (SSSR count). The molecule has 0 unspecified atom stereocenters. The van der Waals surface area contributed by atoms with E-state index in [1.165, 1.54) is 0 Å². The van der Waals surface area contributed by atoms with Crippen molar-refractivity contribution in [3.8, 4) is 0 Å². The van der Waals surface area contributed by atoms with Crippen molar-refractivity contribution in [2.45, 2.75) is 0 Å². The van der Waals surface area contributed by atoms with Gasteiger partial charge in [-0.2, -0.15) is 0 Å². The Kier molecular flexibility index (Phi) is 10.2. The van der Waals surface area contributed by atoms with Gasteiger partial charge in [-0.3, -0.25) is 4.79 Å². The Hall–Kier alpha value is 1.32. The summed E-state index contributed by atoms with van der Waals surface area (Å²) in [5.74, 6) is 0. The molecule has 0 aromatic carbocycles. The van der Waals surface area contributed by atoms with E-state index >= 15 is 0 Å². The van der Waals surface area contributed by atoms with Gasteiger partial charge in [-0.05, 0) is 0 Å². The third-order valence-electron chi connectivity index (χ3n) is 0. The first-order valence-electron chi connectivity index (χ1n) is 0.582. The molecule has 0 aromatic rings. The molecule has 0 saturated carbocycles. The summed E-state index contributed by atoms with van der Waals surface area (Å²) in [6.07, 6.45) is 0. The fourth-order valence-electron chi connectivity index (χ4n) is 0. The molecule has 0 aliphatic carbocycles.